The molecule has 0 aliphatic carbocycles. The molecule has 0 aromatic carbocycles. The van der Waals surface area contributed by atoms with E-state index in [4.69, 9.17) is 10.2 Å². The van der Waals surface area contributed by atoms with E-state index in [0.29, 0.717) is 0 Å². The first-order valence-electron chi connectivity index (χ1n) is 3.57. The molecule has 1 aromatic heterocycles. The van der Waals surface area contributed by atoms with Crippen LogP contribution in [0.4, 0.5) is 0 Å². The van der Waals surface area contributed by atoms with E-state index >= 15 is 0 Å². The van der Waals surface area contributed by atoms with Gasteiger partial charge in [0.15, 0.2) is 0 Å². The van der Waals surface area contributed by atoms with Crippen molar-refractivity contribution in [3.8, 4) is 0 Å². The molecular weight excluding hydrogens is 176 g/mol. The van der Waals surface area contributed by atoms with Crippen molar-refractivity contribution in [1.29, 1.82) is 0 Å². The van der Waals surface area contributed by atoms with Gasteiger partial charge in [0, 0.05) is 6.20 Å². The van der Waals surface area contributed by atoms with Gasteiger partial charge >= 0.3 is 11.9 Å². The fourth-order valence-electron chi connectivity index (χ4n) is 0.806. The molecule has 0 aliphatic heterocycles. The molecule has 0 amide bonds. The number of aliphatic carboxylic acids is 1. The first kappa shape index (κ1) is 9.24. The Morgan fingerprint density at radius 1 is 1.46 bits per heavy atom. The SMILES string of the molecule is O=C(O)CCn1cc(C(=O)O)cn1. The van der Waals surface area contributed by atoms with Gasteiger partial charge in [-0.05, 0) is 0 Å². The number of carboxylic acid groups (broad SMARTS) is 2. The lowest BCUT2D eigenvalue weighted by molar-refractivity contribution is -0.137. The Kier molecular flexibility index (Phi) is 2.63. The second-order valence-corrected chi connectivity index (χ2v) is 2.44. The summed E-state index contributed by atoms with van der Waals surface area (Å²) >= 11 is 0. The number of aromatic nitrogens is 2. The molecule has 0 unspecified atom stereocenters. The summed E-state index contributed by atoms with van der Waals surface area (Å²) in [6.07, 6.45) is 2.41. The molecule has 1 heterocycles. The Morgan fingerprint density at radius 3 is 2.62 bits per heavy atom. The van der Waals surface area contributed by atoms with Crippen molar-refractivity contribution in [2.75, 3.05) is 0 Å². The van der Waals surface area contributed by atoms with E-state index in [1.165, 1.54) is 17.1 Å². The Bertz CT molecular complexity index is 331. The first-order chi connectivity index (χ1) is 6.09. The molecule has 70 valence electrons. The topological polar surface area (TPSA) is 92.4 Å². The predicted octanol–water partition coefficient (Wildman–Crippen LogP) is 0.0560. The fraction of sp³-hybridized carbons (Fsp3) is 0.286. The molecule has 0 spiro atoms. The number of carbonyl (C=O) groups is 2. The maximum atomic E-state index is 10.4. The number of hydrogen-bond donors (Lipinski definition) is 2. The molecule has 0 bridgehead atoms. The van der Waals surface area contributed by atoms with Gasteiger partial charge in [-0.2, -0.15) is 5.10 Å². The second kappa shape index (κ2) is 3.70. The van der Waals surface area contributed by atoms with Crippen molar-refractivity contribution in [1.82, 2.24) is 9.78 Å². The van der Waals surface area contributed by atoms with Crippen LogP contribution in [0, 0.1) is 0 Å². The van der Waals surface area contributed by atoms with Crippen LogP contribution < -0.4 is 0 Å². The molecule has 6 nitrogen and oxygen atoms in total. The maximum Gasteiger partial charge on any atom is 0.338 e. The average Bonchev–Trinajstić information content (AvgIpc) is 2.48. The number of hydrogen-bond acceptors (Lipinski definition) is 3. The quantitative estimate of drug-likeness (QED) is 0.690. The molecule has 0 aliphatic rings. The van der Waals surface area contributed by atoms with Crippen molar-refractivity contribution >= 4 is 11.9 Å². The Labute approximate surface area is 73.4 Å². The van der Waals surface area contributed by atoms with E-state index in [1.807, 2.05) is 0 Å². The van der Waals surface area contributed by atoms with E-state index in [-0.39, 0.29) is 18.5 Å². The summed E-state index contributed by atoms with van der Waals surface area (Å²) in [6, 6.07) is 0. The van der Waals surface area contributed by atoms with Crippen LogP contribution in [0.25, 0.3) is 0 Å². The third kappa shape index (κ3) is 2.58. The standard InChI is InChI=1S/C7H8N2O4/c10-6(11)1-2-9-4-5(3-8-9)7(12)13/h3-4H,1-2H2,(H,10,11)(H,12,13). The lowest BCUT2D eigenvalue weighted by Crippen LogP contribution is -2.04. The number of aromatic carboxylic acids is 1. The number of aryl methyl sites for hydroxylation is 1. The van der Waals surface area contributed by atoms with Crippen molar-refractivity contribution in [3.63, 3.8) is 0 Å². The van der Waals surface area contributed by atoms with Gasteiger partial charge in [-0.1, -0.05) is 0 Å². The minimum atomic E-state index is -1.07. The van der Waals surface area contributed by atoms with Crippen LogP contribution in [0.3, 0.4) is 0 Å². The summed E-state index contributed by atoms with van der Waals surface area (Å²) in [6.45, 7) is 0.183. The van der Waals surface area contributed by atoms with Crippen molar-refractivity contribution in [2.24, 2.45) is 0 Å². The fourth-order valence-corrected chi connectivity index (χ4v) is 0.806. The second-order valence-electron chi connectivity index (χ2n) is 2.44. The average molecular weight is 184 g/mol. The minimum Gasteiger partial charge on any atom is -0.481 e. The van der Waals surface area contributed by atoms with Crippen molar-refractivity contribution < 1.29 is 19.8 Å². The monoisotopic (exact) mass is 184 g/mol. The lowest BCUT2D eigenvalue weighted by Gasteiger charge is -1.95. The zero-order valence-corrected chi connectivity index (χ0v) is 6.67. The van der Waals surface area contributed by atoms with Gasteiger partial charge in [0.05, 0.1) is 24.7 Å². The highest BCUT2D eigenvalue weighted by Gasteiger charge is 2.06. The Hall–Kier alpha value is -1.85. The molecule has 1 aromatic rings. The van der Waals surface area contributed by atoms with E-state index in [2.05, 4.69) is 5.10 Å². The van der Waals surface area contributed by atoms with Gasteiger partial charge < -0.3 is 10.2 Å². The highest BCUT2D eigenvalue weighted by Crippen LogP contribution is 1.98. The summed E-state index contributed by atoms with van der Waals surface area (Å²) < 4.78 is 1.29. The number of rotatable bonds is 4. The van der Waals surface area contributed by atoms with Crippen LogP contribution in [-0.4, -0.2) is 31.9 Å². The smallest absolute Gasteiger partial charge is 0.338 e. The summed E-state index contributed by atoms with van der Waals surface area (Å²) in [5.41, 5.74) is 0.0605. The third-order valence-corrected chi connectivity index (χ3v) is 1.43. The van der Waals surface area contributed by atoms with Crippen LogP contribution in [0.1, 0.15) is 16.8 Å². The molecule has 1 rings (SSSR count). The molecule has 0 fully saturated rings. The normalized spacial score (nSPS) is 9.85. The largest absolute Gasteiger partial charge is 0.481 e. The molecular formula is C7H8N2O4. The predicted molar refractivity (Wildman–Crippen MR) is 41.4 cm³/mol. The third-order valence-electron chi connectivity index (χ3n) is 1.43. The summed E-state index contributed by atoms with van der Waals surface area (Å²) in [5.74, 6) is -2.01. The highest BCUT2D eigenvalue weighted by molar-refractivity contribution is 5.86. The van der Waals surface area contributed by atoms with Crippen LogP contribution in [0.5, 0.6) is 0 Å². The van der Waals surface area contributed by atoms with E-state index in [0.717, 1.165) is 0 Å². The minimum absolute atomic E-state index is 0.0605. The number of carboxylic acids is 2. The van der Waals surface area contributed by atoms with E-state index < -0.39 is 11.9 Å². The van der Waals surface area contributed by atoms with Crippen LogP contribution in [0.2, 0.25) is 0 Å². The van der Waals surface area contributed by atoms with Crippen molar-refractivity contribution in [2.45, 2.75) is 13.0 Å². The lowest BCUT2D eigenvalue weighted by atomic mass is 10.4. The van der Waals surface area contributed by atoms with Crippen molar-refractivity contribution in [3.05, 3.63) is 18.0 Å². The van der Waals surface area contributed by atoms with Gasteiger partial charge in [-0.25, -0.2) is 4.79 Å². The van der Waals surface area contributed by atoms with Crippen LogP contribution in [0.15, 0.2) is 12.4 Å². The van der Waals surface area contributed by atoms with Gasteiger partial charge in [0.25, 0.3) is 0 Å². The maximum absolute atomic E-state index is 10.4. The van der Waals surface area contributed by atoms with Gasteiger partial charge in [0.1, 0.15) is 0 Å². The first-order valence-corrected chi connectivity index (χ1v) is 3.57. The van der Waals surface area contributed by atoms with Gasteiger partial charge in [-0.15, -0.1) is 0 Å². The summed E-state index contributed by atoms with van der Waals surface area (Å²) in [4.78, 5) is 20.5. The van der Waals surface area contributed by atoms with E-state index in [9.17, 15) is 9.59 Å². The molecule has 0 atom stereocenters. The van der Waals surface area contributed by atoms with Crippen LogP contribution >= 0.6 is 0 Å². The Balaban J connectivity index is 2.59. The molecule has 0 radical (unpaired) electrons. The molecule has 0 saturated heterocycles. The summed E-state index contributed by atoms with van der Waals surface area (Å²) in [7, 11) is 0. The molecule has 6 heteroatoms. The summed E-state index contributed by atoms with van der Waals surface area (Å²) in [5, 5.41) is 20.5. The zero-order chi connectivity index (χ0) is 9.84. The Morgan fingerprint density at radius 2 is 2.15 bits per heavy atom. The molecule has 0 saturated carbocycles. The zero-order valence-electron chi connectivity index (χ0n) is 6.67. The van der Waals surface area contributed by atoms with Crippen LogP contribution in [-0.2, 0) is 11.3 Å². The molecule has 2 N–H and O–H groups in total. The highest BCUT2D eigenvalue weighted by atomic mass is 16.4. The van der Waals surface area contributed by atoms with Gasteiger partial charge in [-0.3, -0.25) is 9.48 Å². The van der Waals surface area contributed by atoms with E-state index in [1.54, 1.807) is 0 Å². The number of nitrogens with zero attached hydrogens (tertiary/aromatic N) is 2. The van der Waals surface area contributed by atoms with Gasteiger partial charge in [0.2, 0.25) is 0 Å². The molecule has 13 heavy (non-hydrogen) atoms.